The minimum atomic E-state index is 0.600. The third kappa shape index (κ3) is 2.52. The van der Waals surface area contributed by atoms with Gasteiger partial charge in [-0.25, -0.2) is 0 Å². The zero-order valence-electron chi connectivity index (χ0n) is 8.46. The highest BCUT2D eigenvalue weighted by atomic mass is 16.5. The smallest absolute Gasteiger partial charge is 0.336 e. The van der Waals surface area contributed by atoms with E-state index in [2.05, 4.69) is 11.1 Å². The predicted octanol–water partition coefficient (Wildman–Crippen LogP) is 3.66. The van der Waals surface area contributed by atoms with Gasteiger partial charge in [0.2, 0.25) is 0 Å². The highest BCUT2D eigenvalue weighted by molar-refractivity contribution is 5.40. The minimum absolute atomic E-state index is 0.600. The van der Waals surface area contributed by atoms with Gasteiger partial charge >= 0.3 is 6.07 Å². The van der Waals surface area contributed by atoms with Gasteiger partial charge < -0.3 is 9.94 Å². The number of benzene rings is 2. The van der Waals surface area contributed by atoms with Gasteiger partial charge in [0.1, 0.15) is 17.1 Å². The summed E-state index contributed by atoms with van der Waals surface area (Å²) in [6.07, 6.45) is 0. The highest BCUT2D eigenvalue weighted by Crippen LogP contribution is 2.21. The molecule has 3 heteroatoms. The van der Waals surface area contributed by atoms with Crippen LogP contribution in [0.3, 0.4) is 0 Å². The van der Waals surface area contributed by atoms with Crippen molar-refractivity contribution >= 4 is 0 Å². The van der Waals surface area contributed by atoms with E-state index < -0.39 is 0 Å². The molecule has 0 radical (unpaired) electrons. The van der Waals surface area contributed by atoms with Gasteiger partial charge in [-0.2, -0.15) is 0 Å². The molecule has 0 aliphatic heterocycles. The van der Waals surface area contributed by atoms with Crippen LogP contribution in [0.1, 0.15) is 5.56 Å². The molecule has 2 aromatic carbocycles. The molecular formula is C13H9NO2. The van der Waals surface area contributed by atoms with E-state index in [9.17, 15) is 5.21 Å². The summed E-state index contributed by atoms with van der Waals surface area (Å²) in [5.74, 6) is 1.40. The lowest BCUT2D eigenvalue weighted by molar-refractivity contribution is 0.482. The molecule has 0 aliphatic rings. The first-order valence-electron chi connectivity index (χ1n) is 4.80. The Labute approximate surface area is 93.3 Å². The molecule has 0 saturated heterocycles. The third-order valence-corrected chi connectivity index (χ3v) is 1.99. The Bertz CT molecular complexity index is 526. The van der Waals surface area contributed by atoms with E-state index in [0.717, 1.165) is 5.75 Å². The highest BCUT2D eigenvalue weighted by Gasteiger charge is 1.99. The van der Waals surface area contributed by atoms with Crippen molar-refractivity contribution in [2.24, 2.45) is 0 Å². The lowest BCUT2D eigenvalue weighted by atomic mass is 10.2. The summed E-state index contributed by atoms with van der Waals surface area (Å²) in [5.41, 5.74) is 0.600. The Kier molecular flexibility index (Phi) is 3.05. The summed E-state index contributed by atoms with van der Waals surface area (Å²) in [6, 6.07) is 18.8. The van der Waals surface area contributed by atoms with Crippen LogP contribution in [0.4, 0.5) is 0 Å². The number of ether oxygens (including phenoxy) is 1. The van der Waals surface area contributed by atoms with Crippen LogP contribution >= 0.6 is 0 Å². The molecule has 0 unspecified atom stereocenters. The van der Waals surface area contributed by atoms with E-state index in [1.54, 1.807) is 18.2 Å². The zero-order valence-corrected chi connectivity index (χ0v) is 8.46. The number of rotatable bonds is 2. The van der Waals surface area contributed by atoms with Crippen molar-refractivity contribution < 1.29 is 4.74 Å². The molecule has 0 aliphatic carbocycles. The summed E-state index contributed by atoms with van der Waals surface area (Å²) in [4.78, 5) is 0. The Hall–Kier alpha value is -2.47. The molecule has 0 aromatic heterocycles. The van der Waals surface area contributed by atoms with Crippen molar-refractivity contribution in [3.8, 4) is 17.6 Å². The predicted molar refractivity (Wildman–Crippen MR) is 62.7 cm³/mol. The van der Waals surface area contributed by atoms with Crippen molar-refractivity contribution in [3.63, 3.8) is 0 Å². The first-order valence-corrected chi connectivity index (χ1v) is 4.80. The van der Waals surface area contributed by atoms with Gasteiger partial charge in [0.15, 0.2) is 0 Å². The average molecular weight is 211 g/mol. The molecule has 0 heterocycles. The maximum absolute atomic E-state index is 10.0. The van der Waals surface area contributed by atoms with Gasteiger partial charge in [-0.15, -0.1) is 0 Å². The fourth-order valence-electron chi connectivity index (χ4n) is 1.31. The van der Waals surface area contributed by atoms with E-state index in [0.29, 0.717) is 11.3 Å². The normalized spacial score (nSPS) is 9.00. The van der Waals surface area contributed by atoms with E-state index >= 15 is 0 Å². The molecule has 0 fully saturated rings. The maximum atomic E-state index is 10.0. The molecule has 0 spiro atoms. The molecule has 2 aromatic rings. The van der Waals surface area contributed by atoms with Crippen molar-refractivity contribution in [2.45, 2.75) is 0 Å². The lowest BCUT2D eigenvalue weighted by Crippen LogP contribution is -1.84. The minimum Gasteiger partial charge on any atom is -0.498 e. The second-order valence-corrected chi connectivity index (χ2v) is 3.15. The van der Waals surface area contributed by atoms with Crippen LogP contribution in [0.25, 0.3) is 5.01 Å². The van der Waals surface area contributed by atoms with Gasteiger partial charge in [0, 0.05) is 11.1 Å². The summed E-state index contributed by atoms with van der Waals surface area (Å²) in [6.45, 7) is 0. The Morgan fingerprint density at radius 1 is 0.938 bits per heavy atom. The van der Waals surface area contributed by atoms with Crippen molar-refractivity contribution in [1.82, 2.24) is 0 Å². The third-order valence-electron chi connectivity index (χ3n) is 1.99. The van der Waals surface area contributed by atoms with Gasteiger partial charge in [0.25, 0.3) is 0 Å². The first kappa shape index (κ1) is 10.1. The summed E-state index contributed by atoms with van der Waals surface area (Å²) >= 11 is 0. The summed E-state index contributed by atoms with van der Waals surface area (Å²) < 4.78 is 5.58. The van der Waals surface area contributed by atoms with Crippen molar-refractivity contribution in [2.75, 3.05) is 0 Å². The molecule has 16 heavy (non-hydrogen) atoms. The largest absolute Gasteiger partial charge is 0.498 e. The van der Waals surface area contributed by atoms with Crippen molar-refractivity contribution in [1.29, 1.82) is 0 Å². The van der Waals surface area contributed by atoms with Crippen LogP contribution < -0.4 is 4.74 Å². The molecule has 0 saturated carbocycles. The monoisotopic (exact) mass is 211 g/mol. The van der Waals surface area contributed by atoms with Gasteiger partial charge in [-0.05, 0) is 24.3 Å². The Morgan fingerprint density at radius 2 is 1.69 bits per heavy atom. The van der Waals surface area contributed by atoms with Crippen LogP contribution in [0.2, 0.25) is 0 Å². The number of hydrogen-bond acceptors (Lipinski definition) is 2. The fraction of sp³-hybridized carbons (Fsp3) is 0. The van der Waals surface area contributed by atoms with Gasteiger partial charge in [-0.1, -0.05) is 24.3 Å². The second-order valence-electron chi connectivity index (χ2n) is 3.15. The Morgan fingerprint density at radius 3 is 2.44 bits per heavy atom. The molecular weight excluding hydrogens is 202 g/mol. The van der Waals surface area contributed by atoms with Crippen molar-refractivity contribution in [3.05, 3.63) is 70.4 Å². The topological polar surface area (TPSA) is 36.6 Å². The first-order chi connectivity index (χ1) is 7.88. The lowest BCUT2D eigenvalue weighted by Gasteiger charge is -2.04. The maximum Gasteiger partial charge on any atom is 0.336 e. The van der Waals surface area contributed by atoms with Crippen LogP contribution in [-0.2, 0) is 0 Å². The molecule has 0 bridgehead atoms. The van der Waals surface area contributed by atoms with E-state index in [1.807, 2.05) is 36.4 Å². The van der Waals surface area contributed by atoms with E-state index in [4.69, 9.17) is 4.74 Å². The Balaban J connectivity index is 2.21. The van der Waals surface area contributed by atoms with E-state index in [-0.39, 0.29) is 0 Å². The average Bonchev–Trinajstić information content (AvgIpc) is 2.31. The van der Waals surface area contributed by atoms with Crippen LogP contribution in [0.5, 0.6) is 11.5 Å². The van der Waals surface area contributed by atoms with Gasteiger partial charge in [0.05, 0.1) is 0 Å². The zero-order chi connectivity index (χ0) is 11.2. The molecule has 3 nitrogen and oxygen atoms in total. The molecule has 78 valence electrons. The second kappa shape index (κ2) is 4.85. The quantitative estimate of drug-likeness (QED) is 0.711. The summed E-state index contributed by atoms with van der Waals surface area (Å²) in [5, 5.41) is 12.6. The van der Waals surface area contributed by atoms with E-state index in [1.165, 1.54) is 0 Å². The summed E-state index contributed by atoms with van der Waals surface area (Å²) in [7, 11) is 0. The standard InChI is InChI=1S/C13H9NO2/c15-14-10-11-5-4-8-13(9-11)16-12-6-2-1-3-7-12/h1-9H. The number of nitrogens with zero attached hydrogens (tertiary/aromatic N) is 1. The molecule has 0 amide bonds. The number of para-hydroxylation sites is 1. The molecule has 0 atom stereocenters. The van der Waals surface area contributed by atoms with Crippen LogP contribution in [-0.4, -0.2) is 0 Å². The molecule has 0 N–H and O–H groups in total. The van der Waals surface area contributed by atoms with Gasteiger partial charge in [-0.3, -0.25) is 0 Å². The molecule has 2 rings (SSSR count). The SMILES string of the molecule is [O-][N+]#Cc1cccc(Oc2ccccc2)c1. The van der Waals surface area contributed by atoms with Crippen LogP contribution in [0.15, 0.2) is 54.6 Å². The number of hydrogen-bond donors (Lipinski definition) is 0. The van der Waals surface area contributed by atoms with Crippen LogP contribution in [0, 0.1) is 11.3 Å². The fourth-order valence-corrected chi connectivity index (χ4v) is 1.31.